The van der Waals surface area contributed by atoms with Crippen LogP contribution in [0.1, 0.15) is 41.0 Å². The Morgan fingerprint density at radius 3 is 3.08 bits per heavy atom. The van der Waals surface area contributed by atoms with E-state index in [4.69, 9.17) is 0 Å². The van der Waals surface area contributed by atoms with Crippen LogP contribution in [0.4, 0.5) is 5.13 Å². The molecule has 8 heteroatoms. The van der Waals surface area contributed by atoms with Gasteiger partial charge in [0.15, 0.2) is 10.8 Å². The number of nitrogens with zero attached hydrogens (tertiary/aromatic N) is 3. The Kier molecular flexibility index (Phi) is 4.05. The number of carbonyl (C=O) groups is 2. The van der Waals surface area contributed by atoms with Gasteiger partial charge in [-0.25, -0.2) is 4.98 Å². The average molecular weight is 345 g/mol. The van der Waals surface area contributed by atoms with E-state index >= 15 is 0 Å². The van der Waals surface area contributed by atoms with Crippen LogP contribution in [0.5, 0.6) is 0 Å². The van der Waals surface area contributed by atoms with E-state index < -0.39 is 0 Å². The minimum atomic E-state index is -0.196. The van der Waals surface area contributed by atoms with Crippen molar-refractivity contribution in [1.82, 2.24) is 20.1 Å². The van der Waals surface area contributed by atoms with Crippen LogP contribution < -0.4 is 5.32 Å². The lowest BCUT2D eigenvalue weighted by atomic mass is 9.96. The van der Waals surface area contributed by atoms with Gasteiger partial charge in [0.2, 0.25) is 5.91 Å². The van der Waals surface area contributed by atoms with Crippen molar-refractivity contribution in [1.29, 1.82) is 0 Å². The predicted molar refractivity (Wildman–Crippen MR) is 90.0 cm³/mol. The summed E-state index contributed by atoms with van der Waals surface area (Å²) in [6, 6.07) is 0. The first-order chi connectivity index (χ1) is 11.7. The highest BCUT2D eigenvalue weighted by molar-refractivity contribution is 7.13. The van der Waals surface area contributed by atoms with Crippen LogP contribution >= 0.6 is 11.3 Å². The molecule has 3 heterocycles. The molecule has 7 nitrogen and oxygen atoms in total. The van der Waals surface area contributed by atoms with E-state index in [0.29, 0.717) is 23.9 Å². The molecule has 1 fully saturated rings. The van der Waals surface area contributed by atoms with Crippen LogP contribution in [0, 0.1) is 5.92 Å². The Morgan fingerprint density at radius 2 is 2.25 bits per heavy atom. The van der Waals surface area contributed by atoms with Crippen molar-refractivity contribution in [2.45, 2.75) is 32.1 Å². The number of carbonyl (C=O) groups excluding carboxylic acids is 2. The number of likely N-dealkylation sites (tertiary alicyclic amines) is 1. The molecule has 2 amide bonds. The number of rotatable bonds is 3. The average Bonchev–Trinajstić information content (AvgIpc) is 3.32. The molecule has 0 bridgehead atoms. The van der Waals surface area contributed by atoms with E-state index in [0.717, 1.165) is 43.4 Å². The first-order valence-corrected chi connectivity index (χ1v) is 9.16. The number of fused-ring (bicyclic) bond motifs is 1. The van der Waals surface area contributed by atoms with Gasteiger partial charge < -0.3 is 10.2 Å². The summed E-state index contributed by atoms with van der Waals surface area (Å²) < 4.78 is 0. The van der Waals surface area contributed by atoms with Crippen molar-refractivity contribution in [3.8, 4) is 0 Å². The Morgan fingerprint density at radius 1 is 1.33 bits per heavy atom. The maximum absolute atomic E-state index is 12.8. The van der Waals surface area contributed by atoms with Crippen molar-refractivity contribution >= 4 is 28.3 Å². The molecule has 2 aromatic rings. The number of aryl methyl sites for hydroxylation is 1. The van der Waals surface area contributed by atoms with Gasteiger partial charge in [-0.2, -0.15) is 5.10 Å². The van der Waals surface area contributed by atoms with Crippen LogP contribution in [0.3, 0.4) is 0 Å². The summed E-state index contributed by atoms with van der Waals surface area (Å²) in [6.45, 7) is 1.12. The van der Waals surface area contributed by atoms with Gasteiger partial charge in [0.05, 0.1) is 5.92 Å². The molecule has 4 rings (SSSR count). The van der Waals surface area contributed by atoms with Crippen molar-refractivity contribution in [2.75, 3.05) is 18.4 Å². The van der Waals surface area contributed by atoms with Crippen LogP contribution in [0.15, 0.2) is 11.6 Å². The number of aromatic amines is 1. The first-order valence-electron chi connectivity index (χ1n) is 8.28. The van der Waals surface area contributed by atoms with Crippen molar-refractivity contribution in [2.24, 2.45) is 5.92 Å². The van der Waals surface area contributed by atoms with Crippen LogP contribution in [0.2, 0.25) is 0 Å². The SMILES string of the molecule is O=C(Nc1nccs1)[C@@H]1CCCN(C(=O)c2n[nH]c3c2CCC3)C1. The zero-order valence-corrected chi connectivity index (χ0v) is 14.1. The number of piperidine rings is 1. The van der Waals surface area contributed by atoms with Gasteiger partial charge in [0, 0.05) is 35.9 Å². The van der Waals surface area contributed by atoms with E-state index in [1.54, 1.807) is 11.1 Å². The standard InChI is InChI=1S/C16H19N5O2S/c22-14(18-16-17-6-8-24-16)10-3-2-7-21(9-10)15(23)13-11-4-1-5-12(11)19-20-13/h6,8,10H,1-5,7,9H2,(H,19,20)(H,17,18,22)/t10-/m1/s1. The lowest BCUT2D eigenvalue weighted by molar-refractivity contribution is -0.121. The van der Waals surface area contributed by atoms with E-state index in [1.807, 2.05) is 5.38 Å². The fraction of sp³-hybridized carbons (Fsp3) is 0.500. The van der Waals surface area contributed by atoms with Gasteiger partial charge in [-0.1, -0.05) is 0 Å². The molecule has 0 aromatic carbocycles. The molecule has 1 saturated heterocycles. The van der Waals surface area contributed by atoms with Crippen molar-refractivity contribution < 1.29 is 9.59 Å². The van der Waals surface area contributed by atoms with Gasteiger partial charge in [-0.15, -0.1) is 11.3 Å². The number of hydrogen-bond donors (Lipinski definition) is 2. The molecule has 0 radical (unpaired) electrons. The summed E-state index contributed by atoms with van der Waals surface area (Å²) in [5, 5.41) is 12.5. The largest absolute Gasteiger partial charge is 0.336 e. The molecule has 0 spiro atoms. The lowest BCUT2D eigenvalue weighted by Crippen LogP contribution is -2.44. The van der Waals surface area contributed by atoms with Gasteiger partial charge >= 0.3 is 0 Å². The number of thiazole rings is 1. The highest BCUT2D eigenvalue weighted by Crippen LogP contribution is 2.26. The quantitative estimate of drug-likeness (QED) is 0.888. The molecule has 1 aliphatic carbocycles. The van der Waals surface area contributed by atoms with Crippen LogP contribution in [0.25, 0.3) is 0 Å². The molecule has 0 unspecified atom stereocenters. The van der Waals surface area contributed by atoms with Gasteiger partial charge in [0.1, 0.15) is 0 Å². The normalized spacial score (nSPS) is 20.0. The zero-order chi connectivity index (χ0) is 16.5. The Bertz CT molecular complexity index is 755. The summed E-state index contributed by atoms with van der Waals surface area (Å²) >= 11 is 1.40. The molecule has 2 aromatic heterocycles. The Labute approximate surface area is 143 Å². The third-order valence-corrected chi connectivity index (χ3v) is 5.44. The lowest BCUT2D eigenvalue weighted by Gasteiger charge is -2.31. The molecule has 0 saturated carbocycles. The Hall–Kier alpha value is -2.22. The number of amides is 2. The number of H-pyrrole nitrogens is 1. The highest BCUT2D eigenvalue weighted by atomic mass is 32.1. The third kappa shape index (κ3) is 2.82. The van der Waals surface area contributed by atoms with Crippen LogP contribution in [-0.2, 0) is 17.6 Å². The minimum absolute atomic E-state index is 0.0545. The number of hydrogen-bond acceptors (Lipinski definition) is 5. The molecule has 126 valence electrons. The van der Waals surface area contributed by atoms with E-state index in [9.17, 15) is 9.59 Å². The maximum atomic E-state index is 12.8. The molecule has 2 N–H and O–H groups in total. The van der Waals surface area contributed by atoms with Gasteiger partial charge in [0.25, 0.3) is 5.91 Å². The summed E-state index contributed by atoms with van der Waals surface area (Å²) in [5.41, 5.74) is 2.70. The van der Waals surface area contributed by atoms with Crippen LogP contribution in [-0.4, -0.2) is 45.0 Å². The van der Waals surface area contributed by atoms with Gasteiger partial charge in [-0.3, -0.25) is 14.7 Å². The van der Waals surface area contributed by atoms with Crippen molar-refractivity contribution in [3.05, 3.63) is 28.5 Å². The van der Waals surface area contributed by atoms with Crippen molar-refractivity contribution in [3.63, 3.8) is 0 Å². The van der Waals surface area contributed by atoms with E-state index in [-0.39, 0.29) is 17.7 Å². The summed E-state index contributed by atoms with van der Waals surface area (Å²) in [4.78, 5) is 31.1. The number of nitrogens with one attached hydrogen (secondary N) is 2. The van der Waals surface area contributed by atoms with E-state index in [1.165, 1.54) is 11.3 Å². The summed E-state index contributed by atoms with van der Waals surface area (Å²) in [5.74, 6) is -0.311. The summed E-state index contributed by atoms with van der Waals surface area (Å²) in [7, 11) is 0. The predicted octanol–water partition coefficient (Wildman–Crippen LogP) is 1.85. The Balaban J connectivity index is 1.44. The second kappa shape index (κ2) is 6.35. The molecule has 1 atom stereocenters. The molecule has 24 heavy (non-hydrogen) atoms. The fourth-order valence-corrected chi connectivity index (χ4v) is 4.05. The topological polar surface area (TPSA) is 91.0 Å². The smallest absolute Gasteiger partial charge is 0.274 e. The second-order valence-electron chi connectivity index (χ2n) is 6.30. The highest BCUT2D eigenvalue weighted by Gasteiger charge is 2.32. The molecule has 2 aliphatic rings. The zero-order valence-electron chi connectivity index (χ0n) is 13.2. The fourth-order valence-electron chi connectivity index (χ4n) is 3.51. The number of aromatic nitrogens is 3. The summed E-state index contributed by atoms with van der Waals surface area (Å²) in [6.07, 6.45) is 6.23. The number of anilines is 1. The molecular weight excluding hydrogens is 326 g/mol. The van der Waals surface area contributed by atoms with Gasteiger partial charge in [-0.05, 0) is 32.1 Å². The minimum Gasteiger partial charge on any atom is -0.336 e. The monoisotopic (exact) mass is 345 g/mol. The van der Waals surface area contributed by atoms with E-state index in [2.05, 4.69) is 20.5 Å². The second-order valence-corrected chi connectivity index (χ2v) is 7.19. The third-order valence-electron chi connectivity index (χ3n) is 4.75. The molecular formula is C16H19N5O2S. The maximum Gasteiger partial charge on any atom is 0.274 e. The molecule has 1 aliphatic heterocycles. The first kappa shape index (κ1) is 15.3.